The molecule has 0 aliphatic heterocycles. The minimum Gasteiger partial charge on any atom is -0.507 e. The van der Waals surface area contributed by atoms with Gasteiger partial charge in [0, 0.05) is 16.1 Å². The Morgan fingerprint density at radius 3 is 2.35 bits per heavy atom. The second-order valence-electron chi connectivity index (χ2n) is 5.05. The molecule has 3 rings (SSSR count). The maximum atomic E-state index is 10.2. The molecule has 3 aromatic carbocycles. The number of anilines is 1. The van der Waals surface area contributed by atoms with Gasteiger partial charge in [-0.05, 0) is 30.3 Å². The molecule has 0 saturated heterocycles. The van der Waals surface area contributed by atoms with Crippen molar-refractivity contribution in [2.24, 2.45) is 4.99 Å². The van der Waals surface area contributed by atoms with Gasteiger partial charge in [0.25, 0.3) is 0 Å². The summed E-state index contributed by atoms with van der Waals surface area (Å²) in [7, 11) is 0. The molecule has 0 fully saturated rings. The largest absolute Gasteiger partial charge is 0.507 e. The van der Waals surface area contributed by atoms with Crippen LogP contribution in [-0.2, 0) is 0 Å². The van der Waals surface area contributed by atoms with Gasteiger partial charge in [-0.15, -0.1) is 0 Å². The van der Waals surface area contributed by atoms with Crippen LogP contribution in [0.1, 0.15) is 11.1 Å². The van der Waals surface area contributed by atoms with Crippen LogP contribution in [0.15, 0.2) is 77.8 Å². The number of para-hydroxylation sites is 2. The maximum absolute atomic E-state index is 10.2. The van der Waals surface area contributed by atoms with Gasteiger partial charge in [-0.1, -0.05) is 54.1 Å². The number of rotatable bonds is 3. The Morgan fingerprint density at radius 2 is 1.61 bits per heavy atom. The van der Waals surface area contributed by atoms with Crippen molar-refractivity contribution in [2.75, 3.05) is 5.73 Å². The van der Waals surface area contributed by atoms with Crippen LogP contribution in [0.25, 0.3) is 0 Å². The fourth-order valence-corrected chi connectivity index (χ4v) is 2.46. The number of hydrogen-bond donors (Lipinski definition) is 2. The van der Waals surface area contributed by atoms with Crippen LogP contribution in [0.2, 0.25) is 5.02 Å². The third-order valence-corrected chi connectivity index (χ3v) is 3.67. The van der Waals surface area contributed by atoms with Gasteiger partial charge in [0.2, 0.25) is 0 Å². The minimum absolute atomic E-state index is 0.117. The summed E-state index contributed by atoms with van der Waals surface area (Å²) in [6.45, 7) is 0. The molecule has 0 bridgehead atoms. The molecular formula is C19H15ClN2O. The number of hydrogen-bond acceptors (Lipinski definition) is 3. The number of benzene rings is 3. The van der Waals surface area contributed by atoms with Gasteiger partial charge >= 0.3 is 0 Å². The molecule has 0 radical (unpaired) electrons. The van der Waals surface area contributed by atoms with Crippen molar-refractivity contribution in [3.8, 4) is 5.75 Å². The summed E-state index contributed by atoms with van der Waals surface area (Å²) in [4.78, 5) is 4.67. The molecule has 0 saturated carbocycles. The lowest BCUT2D eigenvalue weighted by atomic mass is 10.0. The van der Waals surface area contributed by atoms with Gasteiger partial charge in [-0.3, -0.25) is 0 Å². The average Bonchev–Trinajstić information content (AvgIpc) is 2.57. The second kappa shape index (κ2) is 6.55. The summed E-state index contributed by atoms with van der Waals surface area (Å²) in [5.41, 5.74) is 9.26. The lowest BCUT2D eigenvalue weighted by molar-refractivity contribution is 0.474. The van der Waals surface area contributed by atoms with E-state index < -0.39 is 0 Å². The molecule has 3 N–H and O–H groups in total. The molecule has 3 nitrogen and oxygen atoms in total. The molecule has 0 unspecified atom stereocenters. The van der Waals surface area contributed by atoms with E-state index in [0.29, 0.717) is 27.7 Å². The summed E-state index contributed by atoms with van der Waals surface area (Å²) in [5.74, 6) is 0.117. The zero-order chi connectivity index (χ0) is 16.2. The first-order valence-electron chi connectivity index (χ1n) is 7.12. The zero-order valence-electron chi connectivity index (χ0n) is 12.3. The number of phenols is 1. The van der Waals surface area contributed by atoms with Crippen molar-refractivity contribution in [3.05, 3.63) is 88.9 Å². The number of aromatic hydroxyl groups is 1. The fraction of sp³-hybridized carbons (Fsp3) is 0. The number of phenolic OH excluding ortho intramolecular Hbond substituents is 1. The zero-order valence-corrected chi connectivity index (χ0v) is 13.0. The highest BCUT2D eigenvalue weighted by molar-refractivity contribution is 6.31. The van der Waals surface area contributed by atoms with E-state index in [2.05, 4.69) is 4.99 Å². The predicted octanol–water partition coefficient (Wildman–Crippen LogP) is 4.80. The lowest BCUT2D eigenvalue weighted by Gasteiger charge is -2.11. The van der Waals surface area contributed by atoms with Crippen LogP contribution in [-0.4, -0.2) is 10.8 Å². The van der Waals surface area contributed by atoms with E-state index in [0.717, 1.165) is 5.56 Å². The van der Waals surface area contributed by atoms with Crippen molar-refractivity contribution in [1.29, 1.82) is 0 Å². The van der Waals surface area contributed by atoms with Crippen LogP contribution in [0.5, 0.6) is 5.75 Å². The average molecular weight is 323 g/mol. The monoisotopic (exact) mass is 322 g/mol. The van der Waals surface area contributed by atoms with Gasteiger partial charge in [0.1, 0.15) is 5.75 Å². The Morgan fingerprint density at radius 1 is 0.913 bits per heavy atom. The van der Waals surface area contributed by atoms with E-state index in [9.17, 15) is 5.11 Å². The fourth-order valence-electron chi connectivity index (χ4n) is 2.28. The minimum atomic E-state index is 0.117. The molecule has 0 aromatic heterocycles. The van der Waals surface area contributed by atoms with Crippen molar-refractivity contribution in [2.45, 2.75) is 0 Å². The Labute approximate surface area is 139 Å². The molecule has 0 heterocycles. The van der Waals surface area contributed by atoms with Crippen molar-refractivity contribution in [3.63, 3.8) is 0 Å². The molecule has 0 atom stereocenters. The van der Waals surface area contributed by atoms with Crippen LogP contribution < -0.4 is 5.73 Å². The molecule has 0 spiro atoms. The van der Waals surface area contributed by atoms with E-state index in [4.69, 9.17) is 17.3 Å². The number of halogens is 1. The smallest absolute Gasteiger partial charge is 0.125 e. The Kier molecular flexibility index (Phi) is 4.31. The summed E-state index contributed by atoms with van der Waals surface area (Å²) in [6, 6.07) is 21.9. The van der Waals surface area contributed by atoms with Gasteiger partial charge in [-0.2, -0.15) is 0 Å². The van der Waals surface area contributed by atoms with Gasteiger partial charge < -0.3 is 10.8 Å². The Hall–Kier alpha value is -2.78. The van der Waals surface area contributed by atoms with Crippen molar-refractivity contribution < 1.29 is 5.11 Å². The van der Waals surface area contributed by atoms with E-state index in [-0.39, 0.29) is 5.75 Å². The van der Waals surface area contributed by atoms with Crippen LogP contribution in [0.4, 0.5) is 11.4 Å². The molecule has 3 aromatic rings. The highest BCUT2D eigenvalue weighted by atomic mass is 35.5. The molecule has 0 aliphatic rings. The SMILES string of the molecule is Nc1ccccc1N=C(c1ccccc1)c1cc(Cl)ccc1O. The van der Waals surface area contributed by atoms with Gasteiger partial charge in [0.15, 0.2) is 0 Å². The quantitative estimate of drug-likeness (QED) is 0.537. The second-order valence-corrected chi connectivity index (χ2v) is 5.48. The van der Waals surface area contributed by atoms with Crippen molar-refractivity contribution in [1.82, 2.24) is 0 Å². The van der Waals surface area contributed by atoms with Gasteiger partial charge in [0.05, 0.1) is 17.1 Å². The molecule has 4 heteroatoms. The molecule has 114 valence electrons. The maximum Gasteiger partial charge on any atom is 0.125 e. The highest BCUT2D eigenvalue weighted by Gasteiger charge is 2.13. The normalized spacial score (nSPS) is 11.4. The summed E-state index contributed by atoms with van der Waals surface area (Å²) < 4.78 is 0. The predicted molar refractivity (Wildman–Crippen MR) is 95.7 cm³/mol. The number of nitrogen functional groups attached to an aromatic ring is 1. The van der Waals surface area contributed by atoms with Crippen LogP contribution in [0.3, 0.4) is 0 Å². The first-order chi connectivity index (χ1) is 11.1. The van der Waals surface area contributed by atoms with Crippen LogP contribution in [0, 0.1) is 0 Å². The van der Waals surface area contributed by atoms with E-state index in [1.807, 2.05) is 48.5 Å². The van der Waals surface area contributed by atoms with E-state index >= 15 is 0 Å². The van der Waals surface area contributed by atoms with Crippen LogP contribution >= 0.6 is 11.6 Å². The third-order valence-electron chi connectivity index (χ3n) is 3.43. The Balaban J connectivity index is 2.23. The standard InChI is InChI=1S/C19H15ClN2O/c20-14-10-11-18(23)15(12-14)19(13-6-2-1-3-7-13)22-17-9-5-4-8-16(17)21/h1-12,23H,21H2. The van der Waals surface area contributed by atoms with Crippen molar-refractivity contribution >= 4 is 28.7 Å². The molecule has 23 heavy (non-hydrogen) atoms. The first kappa shape index (κ1) is 15.1. The lowest BCUT2D eigenvalue weighted by Crippen LogP contribution is -2.04. The Bertz CT molecular complexity index is 860. The number of nitrogens with two attached hydrogens (primary N) is 1. The number of aliphatic imine (C=N–C) groups is 1. The highest BCUT2D eigenvalue weighted by Crippen LogP contribution is 2.29. The molecular weight excluding hydrogens is 308 g/mol. The third kappa shape index (κ3) is 3.35. The molecule has 0 amide bonds. The molecule has 0 aliphatic carbocycles. The summed E-state index contributed by atoms with van der Waals surface area (Å²) >= 11 is 6.09. The first-order valence-corrected chi connectivity index (χ1v) is 7.50. The van der Waals surface area contributed by atoms with E-state index in [1.54, 1.807) is 24.3 Å². The summed E-state index contributed by atoms with van der Waals surface area (Å²) in [5, 5.41) is 10.8. The summed E-state index contributed by atoms with van der Waals surface area (Å²) in [6.07, 6.45) is 0. The van der Waals surface area contributed by atoms with Gasteiger partial charge in [-0.25, -0.2) is 4.99 Å². The van der Waals surface area contributed by atoms with E-state index in [1.165, 1.54) is 0 Å². The topological polar surface area (TPSA) is 58.6 Å². The number of nitrogens with zero attached hydrogens (tertiary/aromatic N) is 1.